The summed E-state index contributed by atoms with van der Waals surface area (Å²) in [5.74, 6) is 0. The number of anilines is 2. The van der Waals surface area contributed by atoms with Crippen LogP contribution in [-0.2, 0) is 20.2 Å². The van der Waals surface area contributed by atoms with E-state index in [-0.39, 0.29) is 81.6 Å². The first-order chi connectivity index (χ1) is 11.0. The molecule has 0 aromatic heterocycles. The minimum Gasteiger partial charge on any atom is -0.744 e. The van der Waals surface area contributed by atoms with Crippen molar-refractivity contribution in [3.8, 4) is 0 Å². The molecular formula is C14H12N2Na2O6S2. The van der Waals surface area contributed by atoms with Crippen molar-refractivity contribution >= 4 is 43.8 Å². The van der Waals surface area contributed by atoms with Gasteiger partial charge in [0, 0.05) is 11.4 Å². The van der Waals surface area contributed by atoms with Crippen LogP contribution in [0, 0.1) is 0 Å². The third-order valence-corrected chi connectivity index (χ3v) is 4.84. The van der Waals surface area contributed by atoms with Crippen LogP contribution in [0.25, 0.3) is 12.2 Å². The van der Waals surface area contributed by atoms with Crippen LogP contribution in [0.2, 0.25) is 0 Å². The van der Waals surface area contributed by atoms with Gasteiger partial charge in [0.1, 0.15) is 20.2 Å². The Hall–Kier alpha value is -0.400. The first kappa shape index (κ1) is 25.6. The smallest absolute Gasteiger partial charge is 0.744 e. The largest absolute Gasteiger partial charge is 1.00 e. The van der Waals surface area contributed by atoms with E-state index in [9.17, 15) is 25.9 Å². The Morgan fingerprint density at radius 2 is 1.00 bits per heavy atom. The summed E-state index contributed by atoms with van der Waals surface area (Å²) >= 11 is 0. The van der Waals surface area contributed by atoms with E-state index in [0.29, 0.717) is 0 Å². The van der Waals surface area contributed by atoms with E-state index in [1.54, 1.807) is 0 Å². The van der Waals surface area contributed by atoms with Gasteiger partial charge in [-0.15, -0.1) is 0 Å². The minimum atomic E-state index is -4.79. The summed E-state index contributed by atoms with van der Waals surface area (Å²) in [7, 11) is -9.57. The average Bonchev–Trinajstić information content (AvgIpc) is 2.45. The van der Waals surface area contributed by atoms with Crippen molar-refractivity contribution in [2.75, 3.05) is 11.5 Å². The molecule has 2 aromatic rings. The third kappa shape index (κ3) is 6.64. The second-order valence-corrected chi connectivity index (χ2v) is 7.53. The summed E-state index contributed by atoms with van der Waals surface area (Å²) in [6.45, 7) is 0. The van der Waals surface area contributed by atoms with Gasteiger partial charge < -0.3 is 20.6 Å². The van der Waals surface area contributed by atoms with Gasteiger partial charge in [-0.1, -0.05) is 24.3 Å². The number of nitrogen functional groups attached to an aromatic ring is 2. The Bertz CT molecular complexity index is 954. The van der Waals surface area contributed by atoms with Crippen LogP contribution in [-0.4, -0.2) is 25.9 Å². The molecule has 0 amide bonds. The standard InChI is InChI=1S/C14H14N2O6S2.2Na/c15-11-5-3-9(13(7-11)23(17,18)19)1-2-10-4-6-12(16)8-14(10)24(20,21)22;;/h1-8H,15-16H2,(H,17,18,19)(H,20,21,22);;/q;2*+1/p-2/b2-1-;;. The number of hydrogen-bond donors (Lipinski definition) is 2. The third-order valence-electron chi connectivity index (χ3n) is 3.06. The SMILES string of the molecule is Nc1ccc(/C=C\c2ccc(N)cc2S(=O)(=O)[O-])c(S(=O)(=O)[O-])c1.[Na+].[Na+]. The molecule has 0 saturated heterocycles. The van der Waals surface area contributed by atoms with Crippen molar-refractivity contribution in [2.24, 2.45) is 0 Å². The minimum absolute atomic E-state index is 0. The molecule has 128 valence electrons. The number of hydrogen-bond acceptors (Lipinski definition) is 8. The number of nitrogens with two attached hydrogens (primary N) is 2. The van der Waals surface area contributed by atoms with E-state index in [2.05, 4.69) is 0 Å². The van der Waals surface area contributed by atoms with Crippen molar-refractivity contribution < 1.29 is 85.1 Å². The number of rotatable bonds is 4. The normalized spacial score (nSPS) is 11.6. The Balaban J connectivity index is 0.00000312. The van der Waals surface area contributed by atoms with Crippen LogP contribution >= 0.6 is 0 Å². The zero-order chi connectivity index (χ0) is 18.1. The van der Waals surface area contributed by atoms with Crippen LogP contribution in [0.15, 0.2) is 46.2 Å². The topological polar surface area (TPSA) is 166 Å². The molecule has 0 fully saturated rings. The van der Waals surface area contributed by atoms with Crippen molar-refractivity contribution in [3.05, 3.63) is 47.5 Å². The van der Waals surface area contributed by atoms with E-state index in [0.717, 1.165) is 12.1 Å². The molecule has 0 aliphatic carbocycles. The summed E-state index contributed by atoms with van der Waals surface area (Å²) in [6.07, 6.45) is 2.40. The second kappa shape index (κ2) is 9.69. The van der Waals surface area contributed by atoms with E-state index in [4.69, 9.17) is 11.5 Å². The molecule has 0 heterocycles. The molecule has 2 rings (SSSR count). The summed E-state index contributed by atoms with van der Waals surface area (Å²) in [4.78, 5) is -1.11. The Morgan fingerprint density at radius 1 is 0.692 bits per heavy atom. The monoisotopic (exact) mass is 414 g/mol. The zero-order valence-corrected chi connectivity index (χ0v) is 19.7. The molecule has 0 spiro atoms. The van der Waals surface area contributed by atoms with Crippen LogP contribution in [0.3, 0.4) is 0 Å². The second-order valence-electron chi connectivity index (χ2n) is 4.84. The van der Waals surface area contributed by atoms with Crippen molar-refractivity contribution in [1.29, 1.82) is 0 Å². The van der Waals surface area contributed by atoms with Gasteiger partial charge in [-0.2, -0.15) is 0 Å². The fourth-order valence-corrected chi connectivity index (χ4v) is 3.40. The van der Waals surface area contributed by atoms with Gasteiger partial charge in [0.15, 0.2) is 0 Å². The molecule has 12 heteroatoms. The quantitative estimate of drug-likeness (QED) is 0.217. The maximum absolute atomic E-state index is 11.3. The summed E-state index contributed by atoms with van der Waals surface area (Å²) in [6, 6.07) is 7.33. The van der Waals surface area contributed by atoms with Gasteiger partial charge in [0.2, 0.25) is 0 Å². The molecule has 0 saturated carbocycles. The first-order valence-corrected chi connectivity index (χ1v) is 9.19. The Morgan fingerprint density at radius 3 is 1.27 bits per heavy atom. The molecule has 0 unspecified atom stereocenters. The molecule has 0 aliphatic heterocycles. The summed E-state index contributed by atoms with van der Waals surface area (Å²) in [5, 5.41) is 0. The van der Waals surface area contributed by atoms with Gasteiger partial charge in [0.25, 0.3) is 0 Å². The van der Waals surface area contributed by atoms with Crippen LogP contribution in [0.1, 0.15) is 11.1 Å². The van der Waals surface area contributed by atoms with E-state index in [1.807, 2.05) is 0 Å². The predicted molar refractivity (Wildman–Crippen MR) is 86.6 cm³/mol. The molecule has 2 aromatic carbocycles. The van der Waals surface area contributed by atoms with Crippen LogP contribution in [0.4, 0.5) is 11.4 Å². The molecule has 4 N–H and O–H groups in total. The van der Waals surface area contributed by atoms with Crippen LogP contribution in [0.5, 0.6) is 0 Å². The van der Waals surface area contributed by atoms with Gasteiger partial charge >= 0.3 is 59.1 Å². The molecule has 8 nitrogen and oxygen atoms in total. The molecular weight excluding hydrogens is 402 g/mol. The maximum Gasteiger partial charge on any atom is 1.00 e. The maximum atomic E-state index is 11.3. The van der Waals surface area contributed by atoms with Gasteiger partial charge in [-0.25, -0.2) is 16.8 Å². The summed E-state index contributed by atoms with van der Waals surface area (Å²) < 4.78 is 67.7. The molecule has 0 bridgehead atoms. The molecule has 26 heavy (non-hydrogen) atoms. The first-order valence-electron chi connectivity index (χ1n) is 6.37. The zero-order valence-electron chi connectivity index (χ0n) is 14.0. The number of benzene rings is 2. The molecule has 0 aliphatic rings. The average molecular weight is 414 g/mol. The summed E-state index contributed by atoms with van der Waals surface area (Å²) in [5.41, 5.74) is 11.1. The molecule has 0 radical (unpaired) electrons. The van der Waals surface area contributed by atoms with Gasteiger partial charge in [-0.3, -0.25) is 0 Å². The van der Waals surface area contributed by atoms with Crippen molar-refractivity contribution in [3.63, 3.8) is 0 Å². The van der Waals surface area contributed by atoms with Crippen LogP contribution < -0.4 is 70.6 Å². The van der Waals surface area contributed by atoms with E-state index >= 15 is 0 Å². The predicted octanol–water partition coefficient (Wildman–Crippen LogP) is -5.16. The van der Waals surface area contributed by atoms with E-state index in [1.165, 1.54) is 36.4 Å². The fourth-order valence-electron chi connectivity index (χ4n) is 1.99. The Labute approximate surface area is 195 Å². The van der Waals surface area contributed by atoms with Crippen molar-refractivity contribution in [1.82, 2.24) is 0 Å². The van der Waals surface area contributed by atoms with Crippen molar-refractivity contribution in [2.45, 2.75) is 9.79 Å². The van der Waals surface area contributed by atoms with Gasteiger partial charge in [0.05, 0.1) is 9.79 Å². The fraction of sp³-hybridized carbons (Fsp3) is 0. The molecule has 0 atom stereocenters. The van der Waals surface area contributed by atoms with Gasteiger partial charge in [-0.05, 0) is 35.4 Å². The van der Waals surface area contributed by atoms with E-state index < -0.39 is 30.0 Å². The Kier molecular flexibility index (Phi) is 9.54.